The van der Waals surface area contributed by atoms with Crippen LogP contribution in [-0.4, -0.2) is 24.5 Å². The molecular weight excluding hydrogens is 296 g/mol. The Morgan fingerprint density at radius 2 is 1.63 bits per heavy atom. The number of allylic oxidation sites excluding steroid dienone is 1. The number of Topliss-reactive ketones (excluding diaryl/α,β-unsaturated/α-hetero) is 1. The second-order valence-corrected chi connectivity index (χ2v) is 4.61. The molecule has 0 saturated heterocycles. The first-order valence-electron chi connectivity index (χ1n) is 4.48. The maximum Gasteiger partial charge on any atom is 0.295 e. The van der Waals surface area contributed by atoms with E-state index in [-0.39, 0.29) is 28.4 Å². The third-order valence-corrected chi connectivity index (χ3v) is 3.13. The fourth-order valence-corrected chi connectivity index (χ4v) is 2.21. The molecule has 9 heteroatoms. The van der Waals surface area contributed by atoms with Crippen LogP contribution >= 0.6 is 12.4 Å². The van der Waals surface area contributed by atoms with Crippen LogP contribution in [0.4, 0.5) is 0 Å². The normalized spacial score (nSPS) is 12.8. The van der Waals surface area contributed by atoms with Gasteiger partial charge in [-0.05, 0) is 18.2 Å². The zero-order valence-electron chi connectivity index (χ0n) is 9.18. The fraction of sp³-hybridized carbons (Fsp3) is 0. The van der Waals surface area contributed by atoms with Gasteiger partial charge in [0.15, 0.2) is 0 Å². The van der Waals surface area contributed by atoms with Crippen LogP contribution in [-0.2, 0) is 14.9 Å². The highest BCUT2D eigenvalue weighted by molar-refractivity contribution is 7.86. The maximum atomic E-state index is 11.4. The topological polar surface area (TPSA) is 136 Å². The number of nitrogens with zero attached hydrogens (tertiary/aromatic N) is 2. The van der Waals surface area contributed by atoms with Crippen molar-refractivity contribution < 1.29 is 22.6 Å². The van der Waals surface area contributed by atoms with Crippen molar-refractivity contribution in [3.63, 3.8) is 0 Å². The van der Waals surface area contributed by atoms with Crippen molar-refractivity contribution in [2.24, 2.45) is 0 Å². The molecule has 7 nitrogen and oxygen atoms in total. The van der Waals surface area contributed by atoms with Gasteiger partial charge in [0.2, 0.25) is 11.6 Å². The van der Waals surface area contributed by atoms with Crippen molar-refractivity contribution >= 4 is 40.2 Å². The smallest absolute Gasteiger partial charge is 0.286 e. The molecule has 0 aliphatic heterocycles. The first kappa shape index (κ1) is 16.9. The van der Waals surface area contributed by atoms with Crippen LogP contribution in [0.3, 0.4) is 0 Å². The Labute approximate surface area is 114 Å². The number of carbonyl (C=O) groups excluding carboxylic acids is 2. The van der Waals surface area contributed by atoms with Gasteiger partial charge in [0.05, 0.1) is 0 Å². The number of benzene rings is 1. The average molecular weight is 303 g/mol. The van der Waals surface area contributed by atoms with Crippen LogP contribution in [0.1, 0.15) is 15.9 Å². The minimum Gasteiger partial charge on any atom is -0.286 e. The third kappa shape index (κ3) is 3.23. The van der Waals surface area contributed by atoms with Gasteiger partial charge in [-0.25, -0.2) is 0 Å². The molecule has 0 unspecified atom stereocenters. The van der Waals surface area contributed by atoms with Gasteiger partial charge in [-0.2, -0.15) is 8.42 Å². The molecule has 0 aromatic heterocycles. The zero-order valence-corrected chi connectivity index (χ0v) is 10.8. The Balaban J connectivity index is 0.00000103. The number of ketones is 2. The van der Waals surface area contributed by atoms with Gasteiger partial charge in [-0.3, -0.25) is 14.1 Å². The van der Waals surface area contributed by atoms with Crippen molar-refractivity contribution in [1.82, 2.24) is 0 Å². The third-order valence-electron chi connectivity index (χ3n) is 2.21. The van der Waals surface area contributed by atoms with E-state index in [1.165, 1.54) is 24.3 Å². The Morgan fingerprint density at radius 1 is 1.05 bits per heavy atom. The van der Waals surface area contributed by atoms with Crippen LogP contribution in [0.25, 0.3) is 6.08 Å². The number of fused-ring (bicyclic) bond motifs is 1. The molecule has 0 amide bonds. The van der Waals surface area contributed by atoms with Gasteiger partial charge in [-0.15, -0.1) is 12.4 Å². The largest absolute Gasteiger partial charge is 0.295 e. The summed E-state index contributed by atoms with van der Waals surface area (Å²) in [5.41, 5.74) is 0.0391. The average Bonchev–Trinajstić information content (AvgIpc) is 2.35. The molecule has 1 aliphatic rings. The lowest BCUT2D eigenvalue weighted by Gasteiger charge is -2.10. The summed E-state index contributed by atoms with van der Waals surface area (Å²) in [5, 5.41) is 12.0. The Bertz CT molecular complexity index is 678. The van der Waals surface area contributed by atoms with E-state index in [9.17, 15) is 18.0 Å². The van der Waals surface area contributed by atoms with Gasteiger partial charge < -0.3 is 0 Å². The van der Waals surface area contributed by atoms with E-state index in [0.717, 1.165) is 6.08 Å². The van der Waals surface area contributed by atoms with E-state index in [0.29, 0.717) is 0 Å². The Kier molecular flexibility index (Phi) is 5.52. The fourth-order valence-electron chi connectivity index (χ4n) is 1.51. The van der Waals surface area contributed by atoms with Crippen molar-refractivity contribution in [2.75, 3.05) is 0 Å². The van der Waals surface area contributed by atoms with Crippen LogP contribution in [0.15, 0.2) is 29.2 Å². The predicted molar refractivity (Wildman–Crippen MR) is 65.3 cm³/mol. The predicted octanol–water partition coefficient (Wildman–Crippen LogP) is 1.16. The summed E-state index contributed by atoms with van der Waals surface area (Å²) in [6.45, 7) is 0. The molecule has 0 fully saturated rings. The van der Waals surface area contributed by atoms with Crippen molar-refractivity contribution in [1.29, 1.82) is 10.8 Å². The van der Waals surface area contributed by atoms with Gasteiger partial charge >= 0.3 is 0 Å². The molecular formula is C10H7ClN2O5S. The standard InChI is InChI=1S/C10H6O5S.ClH.N2/c11-8-5-4-6-7(10(8)12)2-1-3-9(6)16(13,14)15;;1-2/h1-5H,(H,13,14,15);1H;. The summed E-state index contributed by atoms with van der Waals surface area (Å²) in [4.78, 5) is 22.1. The summed E-state index contributed by atoms with van der Waals surface area (Å²) in [6.07, 6.45) is 2.20. The summed E-state index contributed by atoms with van der Waals surface area (Å²) >= 11 is 0. The quantitative estimate of drug-likeness (QED) is 0.467. The van der Waals surface area contributed by atoms with Crippen LogP contribution in [0.5, 0.6) is 0 Å². The molecule has 100 valence electrons. The SMILES string of the molecule is Cl.N#N.O=C1C=Cc2c(cccc2S(=O)(=O)O)C1=O. The molecule has 0 bridgehead atoms. The lowest BCUT2D eigenvalue weighted by atomic mass is 9.95. The molecule has 1 aromatic carbocycles. The van der Waals surface area contributed by atoms with Gasteiger partial charge in [0.25, 0.3) is 10.1 Å². The summed E-state index contributed by atoms with van der Waals surface area (Å²) in [7, 11) is -4.40. The second kappa shape index (κ2) is 6.19. The van der Waals surface area contributed by atoms with E-state index in [4.69, 9.17) is 15.3 Å². The highest BCUT2D eigenvalue weighted by Crippen LogP contribution is 2.24. The van der Waals surface area contributed by atoms with E-state index in [1.54, 1.807) is 0 Å². The number of rotatable bonds is 1. The molecule has 0 spiro atoms. The first-order chi connectivity index (χ1) is 8.41. The monoisotopic (exact) mass is 302 g/mol. The van der Waals surface area contributed by atoms with Gasteiger partial charge in [-0.1, -0.05) is 12.1 Å². The van der Waals surface area contributed by atoms with Crippen molar-refractivity contribution in [2.45, 2.75) is 4.90 Å². The molecule has 1 aliphatic carbocycles. The van der Waals surface area contributed by atoms with E-state index < -0.39 is 21.7 Å². The number of hydrogen-bond donors (Lipinski definition) is 1. The van der Waals surface area contributed by atoms with Crippen molar-refractivity contribution in [3.05, 3.63) is 35.4 Å². The minimum atomic E-state index is -4.40. The molecule has 1 N–H and O–H groups in total. The van der Waals surface area contributed by atoms with E-state index >= 15 is 0 Å². The van der Waals surface area contributed by atoms with E-state index in [1.807, 2.05) is 0 Å². The van der Waals surface area contributed by atoms with E-state index in [2.05, 4.69) is 0 Å². The highest BCUT2D eigenvalue weighted by Gasteiger charge is 2.25. The van der Waals surface area contributed by atoms with Crippen LogP contribution in [0.2, 0.25) is 0 Å². The Hall–Kier alpha value is -2.08. The summed E-state index contributed by atoms with van der Waals surface area (Å²) in [6, 6.07) is 3.81. The molecule has 0 atom stereocenters. The lowest BCUT2D eigenvalue weighted by Crippen LogP contribution is -2.18. The maximum absolute atomic E-state index is 11.4. The zero-order chi connectivity index (χ0) is 13.9. The van der Waals surface area contributed by atoms with Gasteiger partial charge in [0, 0.05) is 21.9 Å². The molecule has 2 rings (SSSR count). The molecule has 0 saturated carbocycles. The lowest BCUT2D eigenvalue weighted by molar-refractivity contribution is -0.110. The van der Waals surface area contributed by atoms with Gasteiger partial charge in [0.1, 0.15) is 4.90 Å². The molecule has 19 heavy (non-hydrogen) atoms. The highest BCUT2D eigenvalue weighted by atomic mass is 35.5. The first-order valence-corrected chi connectivity index (χ1v) is 5.92. The summed E-state index contributed by atoms with van der Waals surface area (Å²) < 4.78 is 31.0. The number of halogens is 1. The minimum absolute atomic E-state index is 0. The van der Waals surface area contributed by atoms with Crippen LogP contribution in [0, 0.1) is 10.8 Å². The van der Waals surface area contributed by atoms with Crippen molar-refractivity contribution in [3.8, 4) is 0 Å². The number of hydrogen-bond acceptors (Lipinski definition) is 6. The molecule has 0 heterocycles. The Morgan fingerprint density at radius 3 is 2.16 bits per heavy atom. The number of carbonyl (C=O) groups is 2. The second-order valence-electron chi connectivity index (χ2n) is 3.22. The molecule has 1 aromatic rings. The van der Waals surface area contributed by atoms with Crippen LogP contribution < -0.4 is 0 Å². The summed E-state index contributed by atoms with van der Waals surface area (Å²) in [5.74, 6) is -1.48. The molecule has 0 radical (unpaired) electrons.